The molecule has 2 atom stereocenters. The largest absolute Gasteiger partial charge is 0.497 e. The Morgan fingerprint density at radius 3 is 2.52 bits per heavy atom. The van der Waals surface area contributed by atoms with Crippen LogP contribution >= 0.6 is 0 Å². The molecule has 5 nitrogen and oxygen atoms in total. The number of nitrogens with zero attached hydrogens (tertiary/aromatic N) is 2. The Bertz CT molecular complexity index is 991. The van der Waals surface area contributed by atoms with Gasteiger partial charge in [-0.1, -0.05) is 13.8 Å². The fraction of sp³-hybridized carbons (Fsp3) is 0.480. The van der Waals surface area contributed by atoms with E-state index >= 15 is 0 Å². The SMILES string of the molecule is COc1ccc(N2CCN3c4ccc(C(F)(F)F)cc4C[C@H](C(=O)NCC(C)C)[C@@H]3C2)cc1. The van der Waals surface area contributed by atoms with E-state index in [0.717, 1.165) is 23.2 Å². The third kappa shape index (κ3) is 4.89. The summed E-state index contributed by atoms with van der Waals surface area (Å²) in [6.07, 6.45) is -4.12. The summed E-state index contributed by atoms with van der Waals surface area (Å²) in [6.45, 7) is 6.54. The standard InChI is InChI=1S/C25H30F3N3O2/c1-16(2)14-29-24(32)21-13-17-12-18(25(26,27)28)4-9-22(17)31-11-10-30(15-23(21)31)19-5-7-20(33-3)8-6-19/h4-9,12,16,21,23H,10-11,13-15H2,1-3H3,(H,29,32)/t21-,23-/m0/s1. The third-order valence-electron chi connectivity index (χ3n) is 6.50. The molecule has 0 bridgehead atoms. The highest BCUT2D eigenvalue weighted by Crippen LogP contribution is 2.40. The Labute approximate surface area is 192 Å². The number of anilines is 2. The molecule has 2 aliphatic rings. The Morgan fingerprint density at radius 1 is 1.15 bits per heavy atom. The monoisotopic (exact) mass is 461 g/mol. The average molecular weight is 462 g/mol. The number of amides is 1. The zero-order chi connectivity index (χ0) is 23.8. The molecule has 0 aromatic heterocycles. The fourth-order valence-electron chi connectivity index (χ4n) is 4.76. The van der Waals surface area contributed by atoms with Gasteiger partial charge in [-0.3, -0.25) is 4.79 Å². The van der Waals surface area contributed by atoms with Crippen LogP contribution in [0.25, 0.3) is 0 Å². The van der Waals surface area contributed by atoms with Crippen molar-refractivity contribution in [1.29, 1.82) is 0 Å². The molecule has 0 aliphatic carbocycles. The molecule has 2 aliphatic heterocycles. The first-order chi connectivity index (χ1) is 15.7. The molecule has 1 amide bonds. The minimum Gasteiger partial charge on any atom is -0.497 e. The van der Waals surface area contributed by atoms with E-state index in [1.54, 1.807) is 13.2 Å². The zero-order valence-corrected chi connectivity index (χ0v) is 19.2. The van der Waals surface area contributed by atoms with Crippen molar-refractivity contribution in [3.8, 4) is 5.75 Å². The molecule has 1 saturated heterocycles. The van der Waals surface area contributed by atoms with E-state index in [1.165, 1.54) is 6.07 Å². The first kappa shape index (κ1) is 23.3. The number of halogens is 3. The normalized spacial score (nSPS) is 20.3. The van der Waals surface area contributed by atoms with Gasteiger partial charge in [0.05, 0.1) is 24.6 Å². The quantitative estimate of drug-likeness (QED) is 0.719. The summed E-state index contributed by atoms with van der Waals surface area (Å²) in [7, 11) is 1.62. The molecule has 33 heavy (non-hydrogen) atoms. The number of nitrogens with one attached hydrogen (secondary N) is 1. The molecular weight excluding hydrogens is 431 g/mol. The second-order valence-electron chi connectivity index (χ2n) is 9.20. The van der Waals surface area contributed by atoms with Crippen molar-refractivity contribution in [2.24, 2.45) is 11.8 Å². The third-order valence-corrected chi connectivity index (χ3v) is 6.50. The number of hydrogen-bond donors (Lipinski definition) is 1. The number of benzene rings is 2. The van der Waals surface area contributed by atoms with Crippen LogP contribution in [0, 0.1) is 11.8 Å². The molecule has 1 fully saturated rings. The Hall–Kier alpha value is -2.90. The van der Waals surface area contributed by atoms with Gasteiger partial charge in [0.25, 0.3) is 0 Å². The van der Waals surface area contributed by atoms with Crippen molar-refractivity contribution in [2.45, 2.75) is 32.5 Å². The van der Waals surface area contributed by atoms with E-state index in [9.17, 15) is 18.0 Å². The summed E-state index contributed by atoms with van der Waals surface area (Å²) < 4.78 is 45.3. The number of ether oxygens (including phenoxy) is 1. The predicted octanol–water partition coefficient (Wildman–Crippen LogP) is 4.35. The lowest BCUT2D eigenvalue weighted by molar-refractivity contribution is -0.137. The zero-order valence-electron chi connectivity index (χ0n) is 19.2. The number of piperazine rings is 1. The molecule has 178 valence electrons. The minimum atomic E-state index is -4.41. The van der Waals surface area contributed by atoms with Crippen molar-refractivity contribution in [1.82, 2.24) is 5.32 Å². The molecule has 1 N–H and O–H groups in total. The lowest BCUT2D eigenvalue weighted by Crippen LogP contribution is -2.61. The van der Waals surface area contributed by atoms with Gasteiger partial charge in [0, 0.05) is 37.6 Å². The van der Waals surface area contributed by atoms with Crippen molar-refractivity contribution in [3.05, 3.63) is 53.6 Å². The predicted molar refractivity (Wildman–Crippen MR) is 123 cm³/mol. The minimum absolute atomic E-state index is 0.0988. The van der Waals surface area contributed by atoms with Gasteiger partial charge in [0.2, 0.25) is 5.91 Å². The molecule has 0 unspecified atom stereocenters. The van der Waals surface area contributed by atoms with Crippen molar-refractivity contribution in [2.75, 3.05) is 43.1 Å². The average Bonchev–Trinajstić information content (AvgIpc) is 2.80. The number of rotatable bonds is 5. The topological polar surface area (TPSA) is 44.8 Å². The Morgan fingerprint density at radius 2 is 1.88 bits per heavy atom. The smallest absolute Gasteiger partial charge is 0.416 e. The van der Waals surface area contributed by atoms with E-state index in [1.807, 2.05) is 38.1 Å². The number of fused-ring (bicyclic) bond motifs is 3. The van der Waals surface area contributed by atoms with Crippen molar-refractivity contribution < 1.29 is 22.7 Å². The number of methoxy groups -OCH3 is 1. The number of carbonyl (C=O) groups excluding carboxylic acids is 1. The maximum atomic E-state index is 13.3. The number of alkyl halides is 3. The van der Waals surface area contributed by atoms with Crippen LogP contribution in [-0.2, 0) is 17.4 Å². The van der Waals surface area contributed by atoms with Gasteiger partial charge in [-0.05, 0) is 60.4 Å². The lowest BCUT2D eigenvalue weighted by Gasteiger charge is -2.49. The Kier molecular flexibility index (Phi) is 6.45. The second kappa shape index (κ2) is 9.15. The maximum Gasteiger partial charge on any atom is 0.416 e. The Balaban J connectivity index is 1.64. The molecule has 2 aromatic carbocycles. The molecule has 2 heterocycles. The van der Waals surface area contributed by atoms with Crippen LogP contribution < -0.4 is 19.9 Å². The van der Waals surface area contributed by atoms with E-state index in [-0.39, 0.29) is 11.9 Å². The first-order valence-electron chi connectivity index (χ1n) is 11.3. The molecule has 2 aromatic rings. The van der Waals surface area contributed by atoms with Crippen molar-refractivity contribution >= 4 is 17.3 Å². The lowest BCUT2D eigenvalue weighted by atomic mass is 9.82. The van der Waals surface area contributed by atoms with Gasteiger partial charge in [-0.25, -0.2) is 0 Å². The van der Waals surface area contributed by atoms with Crippen LogP contribution in [0.1, 0.15) is 25.0 Å². The summed E-state index contributed by atoms with van der Waals surface area (Å²) in [5.41, 5.74) is 1.76. The van der Waals surface area contributed by atoms with Crippen molar-refractivity contribution in [3.63, 3.8) is 0 Å². The second-order valence-corrected chi connectivity index (χ2v) is 9.20. The fourth-order valence-corrected chi connectivity index (χ4v) is 4.76. The van der Waals surface area contributed by atoms with Crippen LogP contribution in [0.15, 0.2) is 42.5 Å². The van der Waals surface area contributed by atoms with Gasteiger partial charge in [0.1, 0.15) is 5.75 Å². The van der Waals surface area contributed by atoms with Gasteiger partial charge in [-0.2, -0.15) is 13.2 Å². The van der Waals surface area contributed by atoms with Gasteiger partial charge in [0.15, 0.2) is 0 Å². The van der Waals surface area contributed by atoms with E-state index in [2.05, 4.69) is 15.1 Å². The molecule has 0 spiro atoms. The highest BCUT2D eigenvalue weighted by Gasteiger charge is 2.42. The summed E-state index contributed by atoms with van der Waals surface area (Å²) in [4.78, 5) is 17.5. The van der Waals surface area contributed by atoms with Crippen LogP contribution in [0.2, 0.25) is 0 Å². The van der Waals surface area contributed by atoms with Crippen LogP contribution in [0.4, 0.5) is 24.5 Å². The number of carbonyl (C=O) groups is 1. The van der Waals surface area contributed by atoms with Crippen LogP contribution in [-0.4, -0.2) is 45.2 Å². The summed E-state index contributed by atoms with van der Waals surface area (Å²) in [6, 6.07) is 11.6. The molecule has 0 saturated carbocycles. The van der Waals surface area contributed by atoms with Gasteiger partial charge < -0.3 is 19.9 Å². The molecular formula is C25H30F3N3O2. The van der Waals surface area contributed by atoms with E-state index in [4.69, 9.17) is 4.74 Å². The maximum absolute atomic E-state index is 13.3. The first-order valence-corrected chi connectivity index (χ1v) is 11.3. The molecule has 0 radical (unpaired) electrons. The summed E-state index contributed by atoms with van der Waals surface area (Å²) >= 11 is 0. The molecule has 4 rings (SSSR count). The van der Waals surface area contributed by atoms with E-state index < -0.39 is 17.7 Å². The van der Waals surface area contributed by atoms with Gasteiger partial charge in [-0.15, -0.1) is 0 Å². The summed E-state index contributed by atoms with van der Waals surface area (Å²) in [5.74, 6) is 0.537. The highest BCUT2D eigenvalue weighted by atomic mass is 19.4. The highest BCUT2D eigenvalue weighted by molar-refractivity contribution is 5.82. The van der Waals surface area contributed by atoms with Crippen LogP contribution in [0.5, 0.6) is 5.75 Å². The molecule has 8 heteroatoms. The number of hydrogen-bond acceptors (Lipinski definition) is 4. The summed E-state index contributed by atoms with van der Waals surface area (Å²) in [5, 5.41) is 3.01. The van der Waals surface area contributed by atoms with E-state index in [0.29, 0.717) is 44.1 Å². The van der Waals surface area contributed by atoms with Crippen LogP contribution in [0.3, 0.4) is 0 Å². The van der Waals surface area contributed by atoms with Gasteiger partial charge >= 0.3 is 6.18 Å².